The van der Waals surface area contributed by atoms with Crippen molar-refractivity contribution in [2.75, 3.05) is 39.4 Å². The molecular formula is C23H23N2O4+. The quantitative estimate of drug-likeness (QED) is 0.727. The van der Waals surface area contributed by atoms with E-state index in [0.29, 0.717) is 23.1 Å². The minimum Gasteiger partial charge on any atom is -0.450 e. The molecule has 29 heavy (non-hydrogen) atoms. The zero-order valence-corrected chi connectivity index (χ0v) is 16.1. The molecule has 0 radical (unpaired) electrons. The second-order valence-corrected chi connectivity index (χ2v) is 7.59. The first-order valence-electron chi connectivity index (χ1n) is 10.1. The molecule has 5 rings (SSSR count). The van der Waals surface area contributed by atoms with E-state index in [1.807, 2.05) is 42.5 Å². The number of nitrogens with zero attached hydrogens (tertiary/aromatic N) is 1. The molecule has 1 aromatic heterocycles. The van der Waals surface area contributed by atoms with E-state index in [9.17, 15) is 9.59 Å². The molecule has 0 unspecified atom stereocenters. The highest BCUT2D eigenvalue weighted by Crippen LogP contribution is 2.37. The first-order chi connectivity index (χ1) is 14.2. The molecule has 2 aliphatic rings. The minimum absolute atomic E-state index is 0.120. The highest BCUT2D eigenvalue weighted by Gasteiger charge is 2.42. The third-order valence-electron chi connectivity index (χ3n) is 5.89. The second-order valence-electron chi connectivity index (χ2n) is 7.59. The number of fused-ring (bicyclic) bond motifs is 2. The number of carbonyl (C=O) groups excluding carboxylic acids is 1. The van der Waals surface area contributed by atoms with Crippen molar-refractivity contribution in [2.45, 2.75) is 6.04 Å². The molecular weight excluding hydrogens is 368 g/mol. The standard InChI is InChI=1S/C23H22N2O4/c26-21-17-8-4-5-9-18(17)29-22-19(21)20(16-6-2-1-3-7-16)25(23(22)27)11-10-24-12-14-28-15-13-24/h1-9,20H,10-15H2/p+1/t20-/m1/s1. The summed E-state index contributed by atoms with van der Waals surface area (Å²) in [6, 6.07) is 16.5. The van der Waals surface area contributed by atoms with Crippen molar-refractivity contribution in [3.8, 4) is 0 Å². The van der Waals surface area contributed by atoms with Gasteiger partial charge in [0.25, 0.3) is 5.91 Å². The Balaban J connectivity index is 1.58. The number of amides is 1. The van der Waals surface area contributed by atoms with Gasteiger partial charge in [-0.1, -0.05) is 42.5 Å². The van der Waals surface area contributed by atoms with Crippen LogP contribution in [0.2, 0.25) is 0 Å². The van der Waals surface area contributed by atoms with Crippen molar-refractivity contribution in [3.05, 3.63) is 81.7 Å². The van der Waals surface area contributed by atoms with Gasteiger partial charge in [-0.2, -0.15) is 0 Å². The number of nitrogens with one attached hydrogen (secondary N) is 1. The fourth-order valence-electron chi connectivity index (χ4n) is 4.37. The Kier molecular flexibility index (Phi) is 4.66. The maximum Gasteiger partial charge on any atom is 0.291 e. The van der Waals surface area contributed by atoms with Crippen molar-refractivity contribution < 1.29 is 18.8 Å². The van der Waals surface area contributed by atoms with E-state index in [-0.39, 0.29) is 17.1 Å². The zero-order chi connectivity index (χ0) is 19.8. The number of hydrogen-bond acceptors (Lipinski definition) is 4. The Morgan fingerprint density at radius 2 is 1.69 bits per heavy atom. The molecule has 3 aromatic rings. The molecule has 0 saturated carbocycles. The van der Waals surface area contributed by atoms with E-state index >= 15 is 0 Å². The summed E-state index contributed by atoms with van der Waals surface area (Å²) in [5.41, 5.74) is 1.72. The lowest BCUT2D eigenvalue weighted by atomic mass is 9.98. The molecule has 1 amide bonds. The molecule has 2 aromatic carbocycles. The van der Waals surface area contributed by atoms with Gasteiger partial charge in [0.2, 0.25) is 5.76 Å². The monoisotopic (exact) mass is 391 g/mol. The van der Waals surface area contributed by atoms with Gasteiger partial charge in [0.1, 0.15) is 18.7 Å². The van der Waals surface area contributed by atoms with Gasteiger partial charge in [0, 0.05) is 0 Å². The number of para-hydroxylation sites is 1. The van der Waals surface area contributed by atoms with Crippen LogP contribution in [0.1, 0.15) is 27.7 Å². The molecule has 148 valence electrons. The predicted octanol–water partition coefficient (Wildman–Crippen LogP) is 1.25. The summed E-state index contributed by atoms with van der Waals surface area (Å²) in [5, 5.41) is 0.514. The van der Waals surface area contributed by atoms with Crippen molar-refractivity contribution in [1.82, 2.24) is 4.90 Å². The maximum atomic E-state index is 13.3. The van der Waals surface area contributed by atoms with Crippen LogP contribution in [-0.4, -0.2) is 50.2 Å². The zero-order valence-electron chi connectivity index (χ0n) is 16.1. The van der Waals surface area contributed by atoms with Crippen LogP contribution in [0.15, 0.2) is 63.8 Å². The van der Waals surface area contributed by atoms with E-state index in [0.717, 1.165) is 38.4 Å². The second kappa shape index (κ2) is 7.46. The lowest BCUT2D eigenvalue weighted by molar-refractivity contribution is -0.907. The van der Waals surface area contributed by atoms with Gasteiger partial charge in [-0.05, 0) is 17.7 Å². The first-order valence-corrected chi connectivity index (χ1v) is 10.1. The predicted molar refractivity (Wildman–Crippen MR) is 108 cm³/mol. The number of ether oxygens (including phenoxy) is 1. The first kappa shape index (κ1) is 18.1. The van der Waals surface area contributed by atoms with Crippen molar-refractivity contribution in [2.24, 2.45) is 0 Å². The molecule has 6 nitrogen and oxygen atoms in total. The van der Waals surface area contributed by atoms with Crippen LogP contribution < -0.4 is 10.3 Å². The molecule has 1 fully saturated rings. The van der Waals surface area contributed by atoms with Gasteiger partial charge in [-0.15, -0.1) is 0 Å². The molecule has 1 atom stereocenters. The van der Waals surface area contributed by atoms with Crippen LogP contribution >= 0.6 is 0 Å². The van der Waals surface area contributed by atoms with Gasteiger partial charge in [-0.3, -0.25) is 9.59 Å². The summed E-state index contributed by atoms with van der Waals surface area (Å²) in [5.74, 6) is -0.0242. The number of morpholine rings is 1. The summed E-state index contributed by atoms with van der Waals surface area (Å²) >= 11 is 0. The minimum atomic E-state index is -0.417. The summed E-state index contributed by atoms with van der Waals surface area (Å²) in [7, 11) is 0. The van der Waals surface area contributed by atoms with Crippen molar-refractivity contribution in [1.29, 1.82) is 0 Å². The van der Waals surface area contributed by atoms with E-state index in [1.54, 1.807) is 17.0 Å². The van der Waals surface area contributed by atoms with Gasteiger partial charge in [-0.25, -0.2) is 0 Å². The van der Waals surface area contributed by atoms with Crippen LogP contribution in [0.25, 0.3) is 11.0 Å². The lowest BCUT2D eigenvalue weighted by Gasteiger charge is -2.29. The highest BCUT2D eigenvalue weighted by atomic mass is 16.5. The topological polar surface area (TPSA) is 64.2 Å². The number of hydrogen-bond donors (Lipinski definition) is 1. The van der Waals surface area contributed by atoms with Gasteiger partial charge in [0.05, 0.1) is 43.3 Å². The summed E-state index contributed by atoms with van der Waals surface area (Å²) < 4.78 is 11.4. The average Bonchev–Trinajstić information content (AvgIpc) is 3.06. The summed E-state index contributed by atoms with van der Waals surface area (Å²) in [6.45, 7) is 4.75. The molecule has 3 heterocycles. The van der Waals surface area contributed by atoms with Crippen molar-refractivity contribution in [3.63, 3.8) is 0 Å². The highest BCUT2D eigenvalue weighted by molar-refractivity contribution is 5.99. The van der Waals surface area contributed by atoms with Gasteiger partial charge in [0.15, 0.2) is 5.43 Å². The summed E-state index contributed by atoms with van der Waals surface area (Å²) in [4.78, 5) is 29.9. The largest absolute Gasteiger partial charge is 0.450 e. The average molecular weight is 391 g/mol. The van der Waals surface area contributed by atoms with Gasteiger partial charge < -0.3 is 19.0 Å². The Bertz CT molecular complexity index is 1100. The Morgan fingerprint density at radius 1 is 0.966 bits per heavy atom. The number of carbonyl (C=O) groups is 1. The Labute approximate surface area is 168 Å². The van der Waals surface area contributed by atoms with Crippen molar-refractivity contribution >= 4 is 16.9 Å². The maximum absolute atomic E-state index is 13.3. The fraction of sp³-hybridized carbons (Fsp3) is 0.304. The van der Waals surface area contributed by atoms with Crippen LogP contribution in [0.4, 0.5) is 0 Å². The SMILES string of the molecule is O=C1c2oc3ccccc3c(=O)c2[C@@H](c2ccccc2)N1CC[NH+]1CCOCC1. The molecule has 0 bridgehead atoms. The van der Waals surface area contributed by atoms with Crippen LogP contribution in [0.3, 0.4) is 0 Å². The number of rotatable bonds is 4. The van der Waals surface area contributed by atoms with E-state index in [1.165, 1.54) is 4.90 Å². The smallest absolute Gasteiger partial charge is 0.291 e. The van der Waals surface area contributed by atoms with E-state index in [2.05, 4.69) is 0 Å². The number of benzene rings is 2. The van der Waals surface area contributed by atoms with Crippen LogP contribution in [-0.2, 0) is 4.74 Å². The number of quaternary nitrogens is 1. The third-order valence-corrected chi connectivity index (χ3v) is 5.89. The lowest BCUT2D eigenvalue weighted by Crippen LogP contribution is -3.14. The normalized spacial score (nSPS) is 19.7. The summed E-state index contributed by atoms with van der Waals surface area (Å²) in [6.07, 6.45) is 0. The molecule has 1 N–H and O–H groups in total. The molecule has 6 heteroatoms. The molecule has 0 spiro atoms. The Morgan fingerprint density at radius 3 is 2.48 bits per heavy atom. The Hall–Kier alpha value is -2.96. The molecule has 2 aliphatic heterocycles. The fourth-order valence-corrected chi connectivity index (χ4v) is 4.37. The van der Waals surface area contributed by atoms with Crippen LogP contribution in [0, 0.1) is 0 Å². The van der Waals surface area contributed by atoms with E-state index < -0.39 is 6.04 Å². The van der Waals surface area contributed by atoms with Crippen LogP contribution in [0.5, 0.6) is 0 Å². The van der Waals surface area contributed by atoms with Gasteiger partial charge >= 0.3 is 0 Å². The molecule has 1 saturated heterocycles. The third kappa shape index (κ3) is 3.14. The van der Waals surface area contributed by atoms with E-state index in [4.69, 9.17) is 9.15 Å². The molecule has 0 aliphatic carbocycles.